The van der Waals surface area contributed by atoms with Gasteiger partial charge in [0.2, 0.25) is 5.91 Å². The van der Waals surface area contributed by atoms with Crippen LogP contribution in [-0.4, -0.2) is 78.2 Å². The molecule has 0 bridgehead atoms. The van der Waals surface area contributed by atoms with Crippen molar-refractivity contribution in [2.24, 2.45) is 0 Å². The topological polar surface area (TPSA) is 91.2 Å². The van der Waals surface area contributed by atoms with Crippen molar-refractivity contribution in [3.05, 3.63) is 35.4 Å². The molecule has 0 saturated carbocycles. The van der Waals surface area contributed by atoms with Crippen LogP contribution in [-0.2, 0) is 9.59 Å². The van der Waals surface area contributed by atoms with Gasteiger partial charge >= 0.3 is 0 Å². The highest BCUT2D eigenvalue weighted by Crippen LogP contribution is 2.22. The van der Waals surface area contributed by atoms with E-state index in [0.29, 0.717) is 43.6 Å². The first-order valence-electron chi connectivity index (χ1n) is 10.5. The van der Waals surface area contributed by atoms with E-state index in [1.807, 2.05) is 25.7 Å². The second-order valence-electron chi connectivity index (χ2n) is 9.02. The minimum atomic E-state index is -0.284. The van der Waals surface area contributed by atoms with Gasteiger partial charge in [-0.2, -0.15) is 0 Å². The van der Waals surface area contributed by atoms with Crippen LogP contribution in [0.25, 0.3) is 0 Å². The fraction of sp³-hybridized carbons (Fsp3) is 0.545. The molecule has 162 valence electrons. The molecule has 2 heterocycles. The fourth-order valence-electron chi connectivity index (χ4n) is 3.93. The molecule has 0 atom stereocenters. The van der Waals surface area contributed by atoms with E-state index in [1.54, 1.807) is 24.3 Å². The van der Waals surface area contributed by atoms with Crippen molar-refractivity contribution in [1.29, 1.82) is 0 Å². The third kappa shape index (κ3) is 5.24. The summed E-state index contributed by atoms with van der Waals surface area (Å²) in [6, 6.07) is 6.80. The third-order valence-electron chi connectivity index (χ3n) is 5.40. The average molecular weight is 416 g/mol. The average Bonchev–Trinajstić information content (AvgIpc) is 2.92. The third-order valence-corrected chi connectivity index (χ3v) is 5.40. The summed E-state index contributed by atoms with van der Waals surface area (Å²) in [6.45, 7) is 9.24. The van der Waals surface area contributed by atoms with Crippen LogP contribution in [0.4, 0.5) is 0 Å². The lowest BCUT2D eigenvalue weighted by atomic mass is 10.1. The highest BCUT2D eigenvalue weighted by Gasteiger charge is 2.35. The molecular formula is C22H31N4O4+. The minimum Gasteiger partial charge on any atom is -0.347 e. The molecule has 8 heteroatoms. The number of quaternary nitrogens is 1. The lowest BCUT2D eigenvalue weighted by Crippen LogP contribution is -3.16. The van der Waals surface area contributed by atoms with Gasteiger partial charge in [0.15, 0.2) is 6.54 Å². The zero-order valence-electron chi connectivity index (χ0n) is 18.0. The SMILES string of the molecule is CC(C)(C)NC(=O)C[NH+]1CCN(C(=O)CCCN2C(=O)c3ccccc3C2=O)CC1. The quantitative estimate of drug-likeness (QED) is 0.625. The Morgan fingerprint density at radius 2 is 1.60 bits per heavy atom. The summed E-state index contributed by atoms with van der Waals surface area (Å²) in [5.74, 6) is -0.509. The van der Waals surface area contributed by atoms with Crippen molar-refractivity contribution in [1.82, 2.24) is 15.1 Å². The number of hydrogen-bond acceptors (Lipinski definition) is 4. The van der Waals surface area contributed by atoms with Crippen LogP contribution in [0.5, 0.6) is 0 Å². The fourth-order valence-corrected chi connectivity index (χ4v) is 3.93. The number of carbonyl (C=O) groups excluding carboxylic acids is 4. The Morgan fingerprint density at radius 3 is 2.13 bits per heavy atom. The van der Waals surface area contributed by atoms with Gasteiger partial charge in [-0.1, -0.05) is 12.1 Å². The van der Waals surface area contributed by atoms with Crippen molar-refractivity contribution < 1.29 is 24.1 Å². The summed E-state index contributed by atoms with van der Waals surface area (Å²) < 4.78 is 0. The van der Waals surface area contributed by atoms with Gasteiger partial charge in [0.25, 0.3) is 17.7 Å². The molecule has 2 N–H and O–H groups in total. The molecule has 1 aromatic carbocycles. The first-order valence-corrected chi connectivity index (χ1v) is 10.5. The molecule has 30 heavy (non-hydrogen) atoms. The van der Waals surface area contributed by atoms with E-state index in [1.165, 1.54) is 9.80 Å². The molecule has 1 fully saturated rings. The Kier molecular flexibility index (Phi) is 6.55. The molecule has 0 aromatic heterocycles. The van der Waals surface area contributed by atoms with Crippen LogP contribution in [0, 0.1) is 0 Å². The molecule has 0 spiro atoms. The van der Waals surface area contributed by atoms with Crippen molar-refractivity contribution >= 4 is 23.6 Å². The van der Waals surface area contributed by atoms with E-state index < -0.39 is 0 Å². The van der Waals surface area contributed by atoms with E-state index in [2.05, 4.69) is 5.32 Å². The number of hydrogen-bond donors (Lipinski definition) is 2. The summed E-state index contributed by atoms with van der Waals surface area (Å²) in [4.78, 5) is 53.5. The zero-order valence-corrected chi connectivity index (χ0v) is 18.0. The van der Waals surface area contributed by atoms with Gasteiger partial charge in [-0.05, 0) is 39.3 Å². The van der Waals surface area contributed by atoms with Crippen LogP contribution < -0.4 is 10.2 Å². The minimum absolute atomic E-state index is 0.0261. The van der Waals surface area contributed by atoms with Gasteiger partial charge in [0.1, 0.15) is 0 Å². The first-order chi connectivity index (χ1) is 14.2. The molecule has 0 aliphatic carbocycles. The number of fused-ring (bicyclic) bond motifs is 1. The first kappa shape index (κ1) is 22.0. The Balaban J connectivity index is 1.39. The number of carbonyl (C=O) groups is 4. The highest BCUT2D eigenvalue weighted by molar-refractivity contribution is 6.21. The smallest absolute Gasteiger partial charge is 0.275 e. The predicted octanol–water partition coefficient (Wildman–Crippen LogP) is -0.295. The molecule has 1 saturated heterocycles. The molecule has 2 aliphatic heterocycles. The standard InChI is InChI=1S/C22H30N4O4/c1-22(2,3)23-18(27)15-24-11-13-25(14-12-24)19(28)9-6-10-26-20(29)16-7-4-5-8-17(16)21(26)30/h4-5,7-8H,6,9-15H2,1-3H3,(H,23,27)/p+1. The molecule has 4 amide bonds. The monoisotopic (exact) mass is 415 g/mol. The van der Waals surface area contributed by atoms with E-state index in [0.717, 1.165) is 13.1 Å². The number of benzene rings is 1. The van der Waals surface area contributed by atoms with Crippen LogP contribution >= 0.6 is 0 Å². The van der Waals surface area contributed by atoms with Gasteiger partial charge in [-0.3, -0.25) is 24.1 Å². The summed E-state index contributed by atoms with van der Waals surface area (Å²) >= 11 is 0. The van der Waals surface area contributed by atoms with Crippen molar-refractivity contribution in [3.8, 4) is 0 Å². The Labute approximate surface area is 177 Å². The zero-order chi connectivity index (χ0) is 21.9. The highest BCUT2D eigenvalue weighted by atomic mass is 16.2. The van der Waals surface area contributed by atoms with Crippen molar-refractivity contribution in [3.63, 3.8) is 0 Å². The number of imide groups is 1. The maximum Gasteiger partial charge on any atom is 0.275 e. The maximum absolute atomic E-state index is 12.5. The van der Waals surface area contributed by atoms with Crippen molar-refractivity contribution in [2.75, 3.05) is 39.3 Å². The Bertz CT molecular complexity index is 803. The van der Waals surface area contributed by atoms with E-state index >= 15 is 0 Å². The summed E-state index contributed by atoms with van der Waals surface area (Å²) in [7, 11) is 0. The second-order valence-corrected chi connectivity index (χ2v) is 9.02. The van der Waals surface area contributed by atoms with Crippen LogP contribution in [0.2, 0.25) is 0 Å². The summed E-state index contributed by atoms with van der Waals surface area (Å²) in [5.41, 5.74) is 0.625. The Morgan fingerprint density at radius 1 is 1.03 bits per heavy atom. The van der Waals surface area contributed by atoms with E-state index in [4.69, 9.17) is 0 Å². The van der Waals surface area contributed by atoms with E-state index in [-0.39, 0.29) is 35.7 Å². The van der Waals surface area contributed by atoms with Crippen LogP contribution in [0.3, 0.4) is 0 Å². The lowest BCUT2D eigenvalue weighted by molar-refractivity contribution is -0.896. The second kappa shape index (κ2) is 8.95. The molecular weight excluding hydrogens is 384 g/mol. The molecule has 0 unspecified atom stereocenters. The molecule has 3 rings (SSSR count). The number of amides is 4. The molecule has 1 aromatic rings. The summed E-state index contributed by atoms with van der Waals surface area (Å²) in [5, 5.41) is 2.97. The van der Waals surface area contributed by atoms with Gasteiger partial charge < -0.3 is 15.1 Å². The van der Waals surface area contributed by atoms with Gasteiger partial charge in [0, 0.05) is 18.5 Å². The number of rotatable bonds is 6. The van der Waals surface area contributed by atoms with Crippen LogP contribution in [0.1, 0.15) is 54.3 Å². The van der Waals surface area contributed by atoms with Gasteiger partial charge in [-0.15, -0.1) is 0 Å². The molecule has 2 aliphatic rings. The predicted molar refractivity (Wildman–Crippen MR) is 111 cm³/mol. The summed E-state index contributed by atoms with van der Waals surface area (Å²) in [6.07, 6.45) is 0.749. The molecule has 0 radical (unpaired) electrons. The van der Waals surface area contributed by atoms with Crippen molar-refractivity contribution in [2.45, 2.75) is 39.2 Å². The number of nitrogens with zero attached hydrogens (tertiary/aromatic N) is 2. The lowest BCUT2D eigenvalue weighted by Gasteiger charge is -2.32. The molecule has 8 nitrogen and oxygen atoms in total. The van der Waals surface area contributed by atoms with E-state index in [9.17, 15) is 19.2 Å². The normalized spacial score (nSPS) is 17.3. The number of nitrogens with one attached hydrogen (secondary N) is 2. The van der Waals surface area contributed by atoms with Gasteiger partial charge in [-0.25, -0.2) is 0 Å². The Hall–Kier alpha value is -2.74. The van der Waals surface area contributed by atoms with Gasteiger partial charge in [0.05, 0.1) is 37.3 Å². The van der Waals surface area contributed by atoms with Crippen LogP contribution in [0.15, 0.2) is 24.3 Å². The largest absolute Gasteiger partial charge is 0.347 e. The number of piperazine rings is 1. The maximum atomic E-state index is 12.5.